The standard InChI is InChI=1S/C17H21F3N4O3/c1-7-11(25)6-24(7)16-21-14(17(2,19)20)13(18)15(22-16)23-4-9-8(3-12(26)27)10(9)5-23/h7-11,25H,3-6H2,1-2H3,(H,26,27)/t7-,8?,9-,10+,11+/m0/s1. The van der Waals surface area contributed by atoms with E-state index in [4.69, 9.17) is 5.11 Å². The molecule has 2 aliphatic heterocycles. The SMILES string of the molecule is C[C@H]1[C@H](O)CN1c1nc(N2C[C@@H]3C(CC(=O)O)[C@@H]3C2)c(F)c(C(C)(F)F)n1. The first-order chi connectivity index (χ1) is 12.6. The van der Waals surface area contributed by atoms with E-state index < -0.39 is 29.5 Å². The summed E-state index contributed by atoms with van der Waals surface area (Å²) in [6.45, 7) is 3.29. The van der Waals surface area contributed by atoms with Crippen LogP contribution in [0.15, 0.2) is 0 Å². The molecule has 0 amide bonds. The van der Waals surface area contributed by atoms with Gasteiger partial charge in [0.2, 0.25) is 5.95 Å². The fraction of sp³-hybridized carbons (Fsp3) is 0.706. The second kappa shape index (κ2) is 5.95. The van der Waals surface area contributed by atoms with Gasteiger partial charge in [0.15, 0.2) is 17.3 Å². The first-order valence-electron chi connectivity index (χ1n) is 8.95. The van der Waals surface area contributed by atoms with Crippen molar-refractivity contribution in [3.05, 3.63) is 11.5 Å². The zero-order chi connectivity index (χ0) is 19.7. The molecule has 0 bridgehead atoms. The van der Waals surface area contributed by atoms with Crippen molar-refractivity contribution in [1.29, 1.82) is 0 Å². The Labute approximate surface area is 153 Å². The van der Waals surface area contributed by atoms with Gasteiger partial charge in [-0.05, 0) is 24.7 Å². The first-order valence-corrected chi connectivity index (χ1v) is 8.95. The molecule has 1 saturated carbocycles. The molecular weight excluding hydrogens is 365 g/mol. The molecule has 3 heterocycles. The van der Waals surface area contributed by atoms with Crippen molar-refractivity contribution in [2.75, 3.05) is 29.4 Å². The van der Waals surface area contributed by atoms with Crippen molar-refractivity contribution >= 4 is 17.7 Å². The van der Waals surface area contributed by atoms with Crippen molar-refractivity contribution in [2.24, 2.45) is 17.8 Å². The Bertz CT molecular complexity index is 775. The van der Waals surface area contributed by atoms with E-state index in [0.29, 0.717) is 20.0 Å². The summed E-state index contributed by atoms with van der Waals surface area (Å²) in [5, 5.41) is 18.6. The molecule has 148 valence electrons. The molecule has 5 atom stereocenters. The predicted octanol–water partition coefficient (Wildman–Crippen LogP) is 1.45. The average Bonchev–Trinajstić information content (AvgIpc) is 3.02. The lowest BCUT2D eigenvalue weighted by molar-refractivity contribution is -0.137. The van der Waals surface area contributed by atoms with Gasteiger partial charge in [0, 0.05) is 33.0 Å². The summed E-state index contributed by atoms with van der Waals surface area (Å²) >= 11 is 0. The van der Waals surface area contributed by atoms with Crippen molar-refractivity contribution in [3.8, 4) is 0 Å². The maximum absolute atomic E-state index is 14.8. The third-order valence-electron chi connectivity index (χ3n) is 6.01. The number of aliphatic carboxylic acids is 1. The van der Waals surface area contributed by atoms with Gasteiger partial charge in [0.05, 0.1) is 12.1 Å². The summed E-state index contributed by atoms with van der Waals surface area (Å²) in [7, 11) is 0. The molecule has 7 nitrogen and oxygen atoms in total. The number of carboxylic acid groups (broad SMARTS) is 1. The van der Waals surface area contributed by atoms with E-state index in [9.17, 15) is 23.1 Å². The zero-order valence-corrected chi connectivity index (χ0v) is 14.9. The number of β-amino-alcohol motifs (C(OH)–C–C–N with tert-alkyl or cyclic N) is 1. The van der Waals surface area contributed by atoms with E-state index in [0.717, 1.165) is 0 Å². The minimum absolute atomic E-state index is 0.0246. The van der Waals surface area contributed by atoms with Gasteiger partial charge in [-0.3, -0.25) is 4.79 Å². The number of hydrogen-bond acceptors (Lipinski definition) is 6. The van der Waals surface area contributed by atoms with E-state index in [1.807, 2.05) is 0 Å². The molecule has 27 heavy (non-hydrogen) atoms. The van der Waals surface area contributed by atoms with Crippen LogP contribution in [-0.4, -0.2) is 57.9 Å². The van der Waals surface area contributed by atoms with Gasteiger partial charge >= 0.3 is 5.97 Å². The zero-order valence-electron chi connectivity index (χ0n) is 14.9. The first kappa shape index (κ1) is 18.3. The van der Waals surface area contributed by atoms with Crippen molar-refractivity contribution in [2.45, 2.75) is 38.3 Å². The Morgan fingerprint density at radius 1 is 1.26 bits per heavy atom. The molecule has 1 aliphatic carbocycles. The summed E-state index contributed by atoms with van der Waals surface area (Å²) in [6, 6.07) is -0.339. The summed E-state index contributed by atoms with van der Waals surface area (Å²) < 4.78 is 42.7. The number of carbonyl (C=O) groups is 1. The quantitative estimate of drug-likeness (QED) is 0.792. The van der Waals surface area contributed by atoms with E-state index >= 15 is 0 Å². The largest absolute Gasteiger partial charge is 0.481 e. The molecule has 0 spiro atoms. The fourth-order valence-corrected chi connectivity index (χ4v) is 4.23. The smallest absolute Gasteiger partial charge is 0.303 e. The van der Waals surface area contributed by atoms with E-state index in [-0.39, 0.29) is 48.5 Å². The molecule has 10 heteroatoms. The fourth-order valence-electron chi connectivity index (χ4n) is 4.23. The third-order valence-corrected chi connectivity index (χ3v) is 6.01. The Hall–Kier alpha value is -2.10. The van der Waals surface area contributed by atoms with Crippen LogP contribution >= 0.6 is 0 Å². The van der Waals surface area contributed by atoms with Crippen LogP contribution in [0.3, 0.4) is 0 Å². The molecule has 0 radical (unpaired) electrons. The molecular formula is C17H21F3N4O3. The average molecular weight is 386 g/mol. The van der Waals surface area contributed by atoms with Crippen LogP contribution in [0, 0.1) is 23.6 Å². The highest BCUT2D eigenvalue weighted by atomic mass is 19.3. The Balaban J connectivity index is 1.62. The number of rotatable bonds is 5. The second-order valence-corrected chi connectivity index (χ2v) is 7.85. The highest BCUT2D eigenvalue weighted by Crippen LogP contribution is 2.54. The lowest BCUT2D eigenvalue weighted by Crippen LogP contribution is -2.59. The Morgan fingerprint density at radius 2 is 1.89 bits per heavy atom. The van der Waals surface area contributed by atoms with Crippen LogP contribution in [0.1, 0.15) is 26.0 Å². The number of halogens is 3. The van der Waals surface area contributed by atoms with Gasteiger partial charge < -0.3 is 20.0 Å². The number of anilines is 2. The van der Waals surface area contributed by atoms with Crippen LogP contribution in [0.5, 0.6) is 0 Å². The molecule has 3 aliphatic rings. The van der Waals surface area contributed by atoms with Gasteiger partial charge in [0.25, 0.3) is 5.92 Å². The normalized spacial score (nSPS) is 32.3. The molecule has 1 unspecified atom stereocenters. The minimum atomic E-state index is -3.47. The maximum atomic E-state index is 14.8. The molecule has 4 rings (SSSR count). The topological polar surface area (TPSA) is 89.8 Å². The van der Waals surface area contributed by atoms with Gasteiger partial charge in [-0.15, -0.1) is 0 Å². The number of alkyl halides is 2. The highest BCUT2D eigenvalue weighted by Gasteiger charge is 2.57. The molecule has 2 saturated heterocycles. The summed E-state index contributed by atoms with van der Waals surface area (Å²) in [5.41, 5.74) is -0.959. The van der Waals surface area contributed by atoms with Gasteiger partial charge in [-0.25, -0.2) is 9.37 Å². The monoisotopic (exact) mass is 386 g/mol. The van der Waals surface area contributed by atoms with E-state index in [2.05, 4.69) is 9.97 Å². The van der Waals surface area contributed by atoms with Crippen molar-refractivity contribution < 1.29 is 28.2 Å². The predicted molar refractivity (Wildman–Crippen MR) is 89.3 cm³/mol. The highest BCUT2D eigenvalue weighted by molar-refractivity contribution is 5.68. The lowest BCUT2D eigenvalue weighted by atomic mass is 10.0. The molecule has 2 N–H and O–H groups in total. The van der Waals surface area contributed by atoms with Crippen LogP contribution in [-0.2, 0) is 10.7 Å². The molecule has 1 aromatic heterocycles. The Morgan fingerprint density at radius 3 is 2.37 bits per heavy atom. The van der Waals surface area contributed by atoms with Gasteiger partial charge in [0.1, 0.15) is 0 Å². The van der Waals surface area contributed by atoms with Crippen molar-refractivity contribution in [3.63, 3.8) is 0 Å². The lowest BCUT2D eigenvalue weighted by Gasteiger charge is -2.43. The number of aliphatic hydroxyl groups excluding tert-OH is 1. The molecule has 0 aromatic carbocycles. The molecule has 1 aromatic rings. The van der Waals surface area contributed by atoms with Crippen molar-refractivity contribution in [1.82, 2.24) is 9.97 Å². The third kappa shape index (κ3) is 2.99. The van der Waals surface area contributed by atoms with Crippen LogP contribution in [0.2, 0.25) is 0 Å². The number of aromatic nitrogens is 2. The van der Waals surface area contributed by atoms with Gasteiger partial charge in [-0.1, -0.05) is 0 Å². The number of nitrogens with zero attached hydrogens (tertiary/aromatic N) is 4. The van der Waals surface area contributed by atoms with E-state index in [1.54, 1.807) is 16.7 Å². The summed E-state index contributed by atoms with van der Waals surface area (Å²) in [6.07, 6.45) is -0.536. The van der Waals surface area contributed by atoms with Crippen LogP contribution < -0.4 is 9.80 Å². The number of aliphatic hydroxyl groups is 1. The van der Waals surface area contributed by atoms with Crippen LogP contribution in [0.4, 0.5) is 24.9 Å². The number of hydrogen-bond donors (Lipinski definition) is 2. The molecule has 3 fully saturated rings. The van der Waals surface area contributed by atoms with Crippen LogP contribution in [0.25, 0.3) is 0 Å². The number of fused-ring (bicyclic) bond motifs is 1. The van der Waals surface area contributed by atoms with E-state index in [1.165, 1.54) is 0 Å². The minimum Gasteiger partial charge on any atom is -0.481 e. The Kier molecular flexibility index (Phi) is 4.03. The summed E-state index contributed by atoms with van der Waals surface area (Å²) in [4.78, 5) is 21.9. The second-order valence-electron chi connectivity index (χ2n) is 7.85. The maximum Gasteiger partial charge on any atom is 0.303 e. The van der Waals surface area contributed by atoms with Gasteiger partial charge in [-0.2, -0.15) is 13.8 Å². The number of piperidine rings is 1. The summed E-state index contributed by atoms with van der Waals surface area (Å²) in [5.74, 6) is -5.39. The number of carboxylic acids is 1.